The number of carbonyl (C=O) groups is 1. The lowest BCUT2D eigenvalue weighted by Crippen LogP contribution is -2.24. The quantitative estimate of drug-likeness (QED) is 0.240. The molecule has 5 heterocycles. The molecule has 1 saturated carbocycles. The van der Waals surface area contributed by atoms with E-state index in [1.807, 2.05) is 18.2 Å². The molecular weight excluding hydrogens is 507 g/mol. The van der Waals surface area contributed by atoms with E-state index in [-0.39, 0.29) is 17.6 Å². The zero-order chi connectivity index (χ0) is 27.1. The lowest BCUT2D eigenvalue weighted by atomic mass is 9.88. The molecule has 1 amide bonds. The van der Waals surface area contributed by atoms with E-state index in [9.17, 15) is 9.18 Å². The predicted molar refractivity (Wildman–Crippen MR) is 151 cm³/mol. The predicted octanol–water partition coefficient (Wildman–Crippen LogP) is 6.28. The standard InChI is InChI=1S/C30H25FN8O/c31-21-8-4-7-18(9-21)24-15-33-16-25-26(24)37-29(36-25)27-23-11-20(13-34-28(23)39-38-27)19-10-22(14-32-12-19)35-30(40)17-5-2-1-3-6-17/h4,7-17H,1-3,5-6H2,(H,35,40)(H,36,37)(H,34,38,39). The lowest BCUT2D eigenvalue weighted by molar-refractivity contribution is -0.120. The van der Waals surface area contributed by atoms with Crippen molar-refractivity contribution >= 4 is 33.7 Å². The van der Waals surface area contributed by atoms with E-state index in [2.05, 4.69) is 35.5 Å². The van der Waals surface area contributed by atoms with Gasteiger partial charge in [0.15, 0.2) is 11.5 Å². The van der Waals surface area contributed by atoms with E-state index in [0.717, 1.165) is 47.8 Å². The highest BCUT2D eigenvalue weighted by Crippen LogP contribution is 2.33. The minimum absolute atomic E-state index is 0.0568. The van der Waals surface area contributed by atoms with Crippen LogP contribution in [-0.2, 0) is 4.79 Å². The molecule has 0 radical (unpaired) electrons. The van der Waals surface area contributed by atoms with Gasteiger partial charge in [-0.15, -0.1) is 0 Å². The fourth-order valence-corrected chi connectivity index (χ4v) is 5.43. The third-order valence-electron chi connectivity index (χ3n) is 7.49. The molecule has 10 heteroatoms. The topological polar surface area (TPSA) is 125 Å². The largest absolute Gasteiger partial charge is 0.335 e. The number of aromatic nitrogens is 7. The Bertz CT molecular complexity index is 1870. The first kappa shape index (κ1) is 24.1. The Labute approximate surface area is 228 Å². The Hall–Kier alpha value is -4.99. The van der Waals surface area contributed by atoms with Crippen LogP contribution < -0.4 is 5.32 Å². The summed E-state index contributed by atoms with van der Waals surface area (Å²) >= 11 is 0. The summed E-state index contributed by atoms with van der Waals surface area (Å²) < 4.78 is 13.9. The minimum Gasteiger partial charge on any atom is -0.335 e. The zero-order valence-corrected chi connectivity index (χ0v) is 21.5. The smallest absolute Gasteiger partial charge is 0.227 e. The van der Waals surface area contributed by atoms with Gasteiger partial charge in [-0.2, -0.15) is 5.10 Å². The average molecular weight is 533 g/mol. The summed E-state index contributed by atoms with van der Waals surface area (Å²) in [5.74, 6) is 0.331. The maximum Gasteiger partial charge on any atom is 0.227 e. The molecular formula is C30H25FN8O. The first-order chi connectivity index (χ1) is 19.6. The van der Waals surface area contributed by atoms with E-state index in [1.54, 1.807) is 37.1 Å². The molecule has 7 rings (SSSR count). The van der Waals surface area contributed by atoms with Gasteiger partial charge in [0.25, 0.3) is 0 Å². The molecule has 0 aliphatic heterocycles. The highest BCUT2D eigenvalue weighted by molar-refractivity contribution is 5.97. The van der Waals surface area contributed by atoms with Gasteiger partial charge in [0.05, 0.1) is 34.5 Å². The second kappa shape index (κ2) is 9.96. The molecule has 1 aromatic carbocycles. The number of pyridine rings is 3. The van der Waals surface area contributed by atoms with Gasteiger partial charge in [0.2, 0.25) is 5.91 Å². The first-order valence-electron chi connectivity index (χ1n) is 13.3. The van der Waals surface area contributed by atoms with E-state index in [0.29, 0.717) is 39.4 Å². The van der Waals surface area contributed by atoms with Gasteiger partial charge < -0.3 is 10.3 Å². The van der Waals surface area contributed by atoms with Gasteiger partial charge in [-0.3, -0.25) is 19.9 Å². The van der Waals surface area contributed by atoms with Gasteiger partial charge in [-0.1, -0.05) is 31.4 Å². The Balaban J connectivity index is 1.23. The van der Waals surface area contributed by atoms with E-state index < -0.39 is 0 Å². The van der Waals surface area contributed by atoms with Gasteiger partial charge in [-0.25, -0.2) is 14.4 Å². The molecule has 9 nitrogen and oxygen atoms in total. The van der Waals surface area contributed by atoms with E-state index in [4.69, 9.17) is 4.98 Å². The highest BCUT2D eigenvalue weighted by Gasteiger charge is 2.21. The Morgan fingerprint density at radius 2 is 1.77 bits per heavy atom. The van der Waals surface area contributed by atoms with Crippen LogP contribution in [0, 0.1) is 11.7 Å². The monoisotopic (exact) mass is 532 g/mol. The molecule has 1 aliphatic carbocycles. The number of imidazole rings is 1. The zero-order valence-electron chi connectivity index (χ0n) is 21.5. The van der Waals surface area contributed by atoms with Crippen LogP contribution in [-0.4, -0.2) is 41.0 Å². The van der Waals surface area contributed by atoms with Crippen molar-refractivity contribution in [3.05, 3.63) is 73.2 Å². The van der Waals surface area contributed by atoms with E-state index >= 15 is 0 Å². The van der Waals surface area contributed by atoms with Crippen LogP contribution in [0.1, 0.15) is 32.1 Å². The van der Waals surface area contributed by atoms with Crippen molar-refractivity contribution in [1.29, 1.82) is 0 Å². The molecule has 6 aromatic rings. The summed E-state index contributed by atoms with van der Waals surface area (Å²) in [6.07, 6.45) is 13.8. The number of benzene rings is 1. The molecule has 0 spiro atoms. The second-order valence-electron chi connectivity index (χ2n) is 10.2. The van der Waals surface area contributed by atoms with Crippen LogP contribution in [0.4, 0.5) is 10.1 Å². The summed E-state index contributed by atoms with van der Waals surface area (Å²) in [7, 11) is 0. The van der Waals surface area contributed by atoms with Crippen molar-refractivity contribution < 1.29 is 9.18 Å². The van der Waals surface area contributed by atoms with Crippen molar-refractivity contribution in [1.82, 2.24) is 35.1 Å². The molecule has 5 aromatic heterocycles. The van der Waals surface area contributed by atoms with Crippen molar-refractivity contribution in [2.24, 2.45) is 5.92 Å². The van der Waals surface area contributed by atoms with Crippen LogP contribution in [0.5, 0.6) is 0 Å². The summed E-state index contributed by atoms with van der Waals surface area (Å²) in [5.41, 5.74) is 6.31. The molecule has 40 heavy (non-hydrogen) atoms. The summed E-state index contributed by atoms with van der Waals surface area (Å²) in [4.78, 5) is 34.1. The summed E-state index contributed by atoms with van der Waals surface area (Å²) in [6, 6.07) is 10.2. The van der Waals surface area contributed by atoms with Gasteiger partial charge in [0, 0.05) is 41.2 Å². The van der Waals surface area contributed by atoms with Gasteiger partial charge in [-0.05, 0) is 42.7 Å². The highest BCUT2D eigenvalue weighted by atomic mass is 19.1. The number of aromatic amines is 2. The fourth-order valence-electron chi connectivity index (χ4n) is 5.43. The number of carbonyl (C=O) groups excluding carboxylic acids is 1. The lowest BCUT2D eigenvalue weighted by Gasteiger charge is -2.20. The van der Waals surface area contributed by atoms with Crippen LogP contribution in [0.3, 0.4) is 0 Å². The number of anilines is 1. The average Bonchev–Trinajstić information content (AvgIpc) is 3.61. The number of halogens is 1. The number of nitrogens with zero attached hydrogens (tertiary/aromatic N) is 5. The molecule has 1 fully saturated rings. The Kier molecular flexibility index (Phi) is 5.99. The Morgan fingerprint density at radius 3 is 2.65 bits per heavy atom. The molecule has 0 unspecified atom stereocenters. The molecule has 0 bridgehead atoms. The maximum atomic E-state index is 13.9. The number of rotatable bonds is 5. The number of amides is 1. The molecule has 1 aliphatic rings. The maximum absolute atomic E-state index is 13.9. The number of H-pyrrole nitrogens is 2. The van der Waals surface area contributed by atoms with Gasteiger partial charge >= 0.3 is 0 Å². The molecule has 3 N–H and O–H groups in total. The molecule has 0 saturated heterocycles. The van der Waals surface area contributed by atoms with Crippen molar-refractivity contribution in [2.45, 2.75) is 32.1 Å². The third kappa shape index (κ3) is 4.47. The fraction of sp³-hybridized carbons (Fsp3) is 0.200. The number of nitrogens with one attached hydrogen (secondary N) is 3. The number of hydrogen-bond donors (Lipinski definition) is 3. The van der Waals surface area contributed by atoms with Crippen molar-refractivity contribution in [3.8, 4) is 33.8 Å². The molecule has 0 atom stereocenters. The van der Waals surface area contributed by atoms with E-state index in [1.165, 1.54) is 18.6 Å². The van der Waals surface area contributed by atoms with Crippen molar-refractivity contribution in [2.75, 3.05) is 5.32 Å². The summed E-state index contributed by atoms with van der Waals surface area (Å²) in [6.45, 7) is 0. The Morgan fingerprint density at radius 1 is 0.925 bits per heavy atom. The van der Waals surface area contributed by atoms with Crippen LogP contribution in [0.15, 0.2) is 67.4 Å². The van der Waals surface area contributed by atoms with Crippen LogP contribution >= 0.6 is 0 Å². The van der Waals surface area contributed by atoms with Crippen molar-refractivity contribution in [3.63, 3.8) is 0 Å². The van der Waals surface area contributed by atoms with Gasteiger partial charge in [0.1, 0.15) is 11.5 Å². The third-order valence-corrected chi connectivity index (χ3v) is 7.49. The van der Waals surface area contributed by atoms with Crippen LogP contribution in [0.2, 0.25) is 0 Å². The van der Waals surface area contributed by atoms with Crippen LogP contribution in [0.25, 0.3) is 55.8 Å². The second-order valence-corrected chi connectivity index (χ2v) is 10.2. The summed E-state index contributed by atoms with van der Waals surface area (Å²) in [5, 5.41) is 11.3. The number of hydrogen-bond acceptors (Lipinski definition) is 6. The normalized spacial score (nSPS) is 14.1. The SMILES string of the molecule is O=C(Nc1cncc(-c2cnc3[nH]nc(-c4nc5c(-c6cccc(F)c6)cncc5[nH]4)c3c2)c1)C1CCCCC1. The molecule has 198 valence electrons. The first-order valence-corrected chi connectivity index (χ1v) is 13.3. The number of fused-ring (bicyclic) bond motifs is 2. The minimum atomic E-state index is -0.325.